The van der Waals surface area contributed by atoms with E-state index in [1.54, 1.807) is 59.8 Å². The van der Waals surface area contributed by atoms with Crippen LogP contribution >= 0.6 is 11.6 Å². The monoisotopic (exact) mass is 620 g/mol. The number of amides is 2. The summed E-state index contributed by atoms with van der Waals surface area (Å²) in [6.07, 6.45) is 10.8. The van der Waals surface area contributed by atoms with Crippen molar-refractivity contribution >= 4 is 40.7 Å². The molecule has 4 aromatic rings. The molecule has 2 amide bonds. The molecule has 2 aliphatic rings. The van der Waals surface area contributed by atoms with Crippen LogP contribution < -0.4 is 5.32 Å². The Hall–Kier alpha value is -4.25. The first-order chi connectivity index (χ1) is 21.3. The average molecular weight is 621 g/mol. The molecule has 0 unspecified atom stereocenters. The predicted molar refractivity (Wildman–Crippen MR) is 163 cm³/mol. The lowest BCUT2D eigenvalue weighted by atomic mass is 9.76. The number of nitrogens with zero attached hydrogens (tertiary/aromatic N) is 5. The normalized spacial score (nSPS) is 19.0. The molecule has 2 atom stereocenters. The number of nitrogens with one attached hydrogen (secondary N) is 1. The number of halogens is 2. The van der Waals surface area contributed by atoms with Crippen LogP contribution in [0.5, 0.6) is 0 Å². The topological polar surface area (TPSA) is 111 Å². The van der Waals surface area contributed by atoms with E-state index in [1.165, 1.54) is 23.4 Å². The zero-order chi connectivity index (χ0) is 31.0. The van der Waals surface area contributed by atoms with Gasteiger partial charge in [-0.2, -0.15) is 5.10 Å². The van der Waals surface area contributed by atoms with Crippen LogP contribution in [-0.2, 0) is 9.53 Å². The summed E-state index contributed by atoms with van der Waals surface area (Å²) in [5, 5.41) is 7.29. The molecule has 10 nitrogen and oxygen atoms in total. The molecule has 1 N–H and O–H groups in total. The van der Waals surface area contributed by atoms with Gasteiger partial charge in [0.25, 0.3) is 5.91 Å². The van der Waals surface area contributed by atoms with Gasteiger partial charge in [0, 0.05) is 18.9 Å². The summed E-state index contributed by atoms with van der Waals surface area (Å²) in [6.45, 7) is 4.10. The van der Waals surface area contributed by atoms with Crippen LogP contribution in [0.4, 0.5) is 10.1 Å². The van der Waals surface area contributed by atoms with Crippen LogP contribution in [0, 0.1) is 24.6 Å². The number of esters is 1. The molecule has 4 heterocycles. The van der Waals surface area contributed by atoms with E-state index in [1.807, 2.05) is 0 Å². The molecule has 1 aromatic carbocycles. The maximum absolute atomic E-state index is 14.8. The van der Waals surface area contributed by atoms with Gasteiger partial charge in [0.05, 0.1) is 34.8 Å². The smallest absolute Gasteiger partial charge is 0.358 e. The highest BCUT2D eigenvalue weighted by molar-refractivity contribution is 6.30. The number of likely N-dealkylation sites (tertiary alicyclic amines) is 1. The summed E-state index contributed by atoms with van der Waals surface area (Å²) >= 11 is 6.00. The SMILES string of the molecule is CCOC(=O)c1cn2cc(NC(=O)[C@@H]3[C@H](C4CCCCC4)CCN3C(=O)c3cnn(-c4cccc(Cl)c4F)c3C)ccc2n1. The molecule has 0 radical (unpaired) electrons. The molecule has 0 spiro atoms. The first kappa shape index (κ1) is 29.8. The summed E-state index contributed by atoms with van der Waals surface area (Å²) in [5.74, 6) is -1.40. The Labute approximate surface area is 259 Å². The fourth-order valence-electron chi connectivity index (χ4n) is 6.69. The van der Waals surface area contributed by atoms with E-state index in [0.717, 1.165) is 25.7 Å². The third-order valence-electron chi connectivity index (χ3n) is 8.83. The minimum Gasteiger partial charge on any atom is -0.461 e. The molecule has 1 aliphatic heterocycles. The van der Waals surface area contributed by atoms with Crippen LogP contribution in [0.15, 0.2) is 48.9 Å². The first-order valence-corrected chi connectivity index (χ1v) is 15.4. The van der Waals surface area contributed by atoms with Gasteiger partial charge in [-0.25, -0.2) is 18.9 Å². The zero-order valence-electron chi connectivity index (χ0n) is 24.6. The van der Waals surface area contributed by atoms with Gasteiger partial charge in [-0.1, -0.05) is 49.8 Å². The molecule has 44 heavy (non-hydrogen) atoms. The Balaban J connectivity index is 1.29. The Kier molecular flexibility index (Phi) is 8.40. The lowest BCUT2D eigenvalue weighted by Gasteiger charge is -2.33. The summed E-state index contributed by atoms with van der Waals surface area (Å²) in [6, 6.07) is 7.37. The molecular weight excluding hydrogens is 587 g/mol. The van der Waals surface area contributed by atoms with E-state index in [-0.39, 0.29) is 40.7 Å². The minimum atomic E-state index is -0.690. The van der Waals surface area contributed by atoms with Crippen molar-refractivity contribution in [2.75, 3.05) is 18.5 Å². The van der Waals surface area contributed by atoms with E-state index in [2.05, 4.69) is 15.4 Å². The second-order valence-corrected chi connectivity index (χ2v) is 11.8. The lowest BCUT2D eigenvalue weighted by Crippen LogP contribution is -2.47. The molecule has 12 heteroatoms. The van der Waals surface area contributed by atoms with Gasteiger partial charge in [0.1, 0.15) is 17.4 Å². The highest BCUT2D eigenvalue weighted by Gasteiger charge is 2.46. The van der Waals surface area contributed by atoms with E-state index in [4.69, 9.17) is 16.3 Å². The van der Waals surface area contributed by atoms with Gasteiger partial charge in [-0.05, 0) is 56.4 Å². The maximum Gasteiger partial charge on any atom is 0.358 e. The summed E-state index contributed by atoms with van der Waals surface area (Å²) in [7, 11) is 0. The van der Waals surface area contributed by atoms with Crippen LogP contribution in [0.3, 0.4) is 0 Å². The molecule has 230 valence electrons. The Morgan fingerprint density at radius 2 is 1.89 bits per heavy atom. The third-order valence-corrected chi connectivity index (χ3v) is 9.12. The van der Waals surface area contributed by atoms with Crippen molar-refractivity contribution in [2.45, 2.75) is 58.4 Å². The second-order valence-electron chi connectivity index (χ2n) is 11.4. The number of ether oxygens (including phenoxy) is 1. The molecule has 2 fully saturated rings. The number of pyridine rings is 1. The molecule has 1 saturated carbocycles. The highest BCUT2D eigenvalue weighted by Crippen LogP contribution is 2.40. The molecule has 1 aliphatic carbocycles. The third kappa shape index (κ3) is 5.56. The van der Waals surface area contributed by atoms with Crippen LogP contribution in [0.2, 0.25) is 5.02 Å². The van der Waals surface area contributed by atoms with E-state index >= 15 is 0 Å². The van der Waals surface area contributed by atoms with E-state index in [0.29, 0.717) is 41.5 Å². The van der Waals surface area contributed by atoms with Gasteiger partial charge in [-0.3, -0.25) is 9.59 Å². The largest absolute Gasteiger partial charge is 0.461 e. The summed E-state index contributed by atoms with van der Waals surface area (Å²) in [4.78, 5) is 46.2. The Morgan fingerprint density at radius 1 is 1.09 bits per heavy atom. The van der Waals surface area contributed by atoms with Gasteiger partial charge in [0.15, 0.2) is 11.5 Å². The summed E-state index contributed by atoms with van der Waals surface area (Å²) < 4.78 is 22.9. The fraction of sp³-hybridized carbons (Fsp3) is 0.406. The number of carbonyl (C=O) groups excluding carboxylic acids is 3. The molecule has 3 aromatic heterocycles. The number of fused-ring (bicyclic) bond motifs is 1. The second kappa shape index (κ2) is 12.4. The van der Waals surface area contributed by atoms with Gasteiger partial charge in [0.2, 0.25) is 5.91 Å². The highest BCUT2D eigenvalue weighted by atomic mass is 35.5. The fourth-order valence-corrected chi connectivity index (χ4v) is 6.86. The Morgan fingerprint density at radius 3 is 2.66 bits per heavy atom. The molecule has 0 bridgehead atoms. The van der Waals surface area contributed by atoms with Crippen molar-refractivity contribution in [3.63, 3.8) is 0 Å². The van der Waals surface area contributed by atoms with Crippen molar-refractivity contribution in [1.82, 2.24) is 24.1 Å². The number of benzene rings is 1. The van der Waals surface area contributed by atoms with Crippen molar-refractivity contribution in [3.8, 4) is 5.69 Å². The van der Waals surface area contributed by atoms with Crippen molar-refractivity contribution in [2.24, 2.45) is 11.8 Å². The molecule has 6 rings (SSSR count). The van der Waals surface area contributed by atoms with Crippen molar-refractivity contribution in [1.29, 1.82) is 0 Å². The van der Waals surface area contributed by atoms with Gasteiger partial charge in [-0.15, -0.1) is 0 Å². The van der Waals surface area contributed by atoms with Crippen LogP contribution in [-0.4, -0.2) is 61.0 Å². The molecular formula is C32H34ClFN6O4. The van der Waals surface area contributed by atoms with Crippen molar-refractivity contribution in [3.05, 3.63) is 76.7 Å². The average Bonchev–Trinajstić information content (AvgIpc) is 3.75. The number of hydrogen-bond acceptors (Lipinski definition) is 6. The van der Waals surface area contributed by atoms with Crippen LogP contribution in [0.1, 0.15) is 72.0 Å². The lowest BCUT2D eigenvalue weighted by molar-refractivity contribution is -0.121. The van der Waals surface area contributed by atoms with Crippen LogP contribution in [0.25, 0.3) is 11.3 Å². The van der Waals surface area contributed by atoms with E-state index in [9.17, 15) is 18.8 Å². The van der Waals surface area contributed by atoms with Crippen molar-refractivity contribution < 1.29 is 23.5 Å². The van der Waals surface area contributed by atoms with Gasteiger partial charge < -0.3 is 19.4 Å². The first-order valence-electron chi connectivity index (χ1n) is 15.0. The number of aromatic nitrogens is 4. The van der Waals surface area contributed by atoms with E-state index < -0.39 is 17.8 Å². The number of anilines is 1. The molecule has 1 saturated heterocycles. The number of hydrogen-bond donors (Lipinski definition) is 1. The predicted octanol–water partition coefficient (Wildman–Crippen LogP) is 5.85. The maximum atomic E-state index is 14.8. The summed E-state index contributed by atoms with van der Waals surface area (Å²) in [5.41, 5.74) is 2.13. The number of imidazole rings is 1. The Bertz CT molecular complexity index is 1730. The quantitative estimate of drug-likeness (QED) is 0.260. The minimum absolute atomic E-state index is 0.00682. The van der Waals surface area contributed by atoms with Gasteiger partial charge >= 0.3 is 5.97 Å². The standard InChI is InChI=1S/C32H34ClFN6O4/c1-3-44-32(43)25-18-38-17-21(12-13-27(38)37-25)36-30(41)29-22(20-8-5-4-6-9-20)14-15-39(29)31(42)23-16-35-40(19(23)2)26-11-7-10-24(33)28(26)34/h7,10-13,16-18,20,22,29H,3-6,8-9,14-15H2,1-2H3,(H,36,41)/t22-,29-/m0/s1. The number of rotatable bonds is 7. The zero-order valence-corrected chi connectivity index (χ0v) is 25.4. The number of carbonyl (C=O) groups is 3.